The summed E-state index contributed by atoms with van der Waals surface area (Å²) in [5.74, 6) is -1.59. The summed E-state index contributed by atoms with van der Waals surface area (Å²) in [7, 11) is 0. The summed E-state index contributed by atoms with van der Waals surface area (Å²) in [6, 6.07) is -0.142. The number of halogens is 3. The van der Waals surface area contributed by atoms with Gasteiger partial charge in [0, 0.05) is 12.5 Å². The molecule has 0 aromatic carbocycles. The maximum Gasteiger partial charge on any atom is 0.391 e. The van der Waals surface area contributed by atoms with E-state index in [1.807, 2.05) is 0 Å². The van der Waals surface area contributed by atoms with Crippen LogP contribution in [0.15, 0.2) is 0 Å². The molecule has 116 valence electrons. The number of hydrogen-bond donors (Lipinski definition) is 1. The van der Waals surface area contributed by atoms with Gasteiger partial charge in [-0.05, 0) is 44.9 Å². The van der Waals surface area contributed by atoms with Gasteiger partial charge in [-0.2, -0.15) is 13.2 Å². The van der Waals surface area contributed by atoms with Crippen molar-refractivity contribution < 1.29 is 23.1 Å². The van der Waals surface area contributed by atoms with Gasteiger partial charge in [-0.15, -0.1) is 0 Å². The van der Waals surface area contributed by atoms with E-state index in [2.05, 4.69) is 0 Å². The third-order valence-electron chi connectivity index (χ3n) is 4.66. The van der Waals surface area contributed by atoms with Gasteiger partial charge >= 0.3 is 6.18 Å². The molecule has 1 unspecified atom stereocenters. The molecule has 0 bridgehead atoms. The van der Waals surface area contributed by atoms with Crippen LogP contribution < -0.4 is 0 Å². The molecule has 0 radical (unpaired) electrons. The van der Waals surface area contributed by atoms with Crippen molar-refractivity contribution >= 4 is 5.91 Å². The van der Waals surface area contributed by atoms with Crippen LogP contribution in [0.1, 0.15) is 44.9 Å². The van der Waals surface area contributed by atoms with E-state index < -0.39 is 12.1 Å². The molecule has 1 saturated heterocycles. The smallest absolute Gasteiger partial charge is 0.391 e. The third-order valence-corrected chi connectivity index (χ3v) is 4.66. The lowest BCUT2D eigenvalue weighted by molar-refractivity contribution is -0.185. The van der Waals surface area contributed by atoms with Crippen molar-refractivity contribution in [2.45, 2.75) is 57.2 Å². The second-order valence-corrected chi connectivity index (χ2v) is 5.95. The van der Waals surface area contributed by atoms with Gasteiger partial charge in [0.2, 0.25) is 5.91 Å². The highest BCUT2D eigenvalue weighted by Crippen LogP contribution is 2.40. The molecule has 1 atom stereocenters. The Morgan fingerprint density at radius 2 is 1.75 bits per heavy atom. The van der Waals surface area contributed by atoms with E-state index in [1.165, 1.54) is 0 Å². The van der Waals surface area contributed by atoms with Crippen molar-refractivity contribution in [3.05, 3.63) is 0 Å². The molecule has 2 rings (SSSR count). The average molecular weight is 293 g/mol. The van der Waals surface area contributed by atoms with Crippen molar-refractivity contribution in [3.8, 4) is 0 Å². The molecule has 1 aliphatic carbocycles. The second-order valence-electron chi connectivity index (χ2n) is 5.95. The summed E-state index contributed by atoms with van der Waals surface area (Å²) >= 11 is 0. The summed E-state index contributed by atoms with van der Waals surface area (Å²) in [5, 5.41) is 9.31. The van der Waals surface area contributed by atoms with E-state index in [1.54, 1.807) is 4.90 Å². The van der Waals surface area contributed by atoms with Crippen molar-refractivity contribution in [2.75, 3.05) is 13.2 Å². The van der Waals surface area contributed by atoms with Gasteiger partial charge in [0.05, 0.1) is 18.6 Å². The molecule has 1 amide bonds. The largest absolute Gasteiger partial charge is 0.394 e. The first-order chi connectivity index (χ1) is 9.43. The Bertz CT molecular complexity index is 338. The molecule has 2 aliphatic rings. The number of piperidine rings is 1. The molecule has 6 heteroatoms. The molecule has 1 saturated carbocycles. The molecule has 1 heterocycles. The van der Waals surface area contributed by atoms with Gasteiger partial charge in [0.1, 0.15) is 0 Å². The fourth-order valence-electron chi connectivity index (χ4n) is 3.38. The van der Waals surface area contributed by atoms with Gasteiger partial charge in [-0.25, -0.2) is 0 Å². The number of carbonyl (C=O) groups excluding carboxylic acids is 1. The van der Waals surface area contributed by atoms with Crippen LogP contribution in [0.3, 0.4) is 0 Å². The number of nitrogens with zero attached hydrogens (tertiary/aromatic N) is 1. The molecule has 20 heavy (non-hydrogen) atoms. The van der Waals surface area contributed by atoms with Gasteiger partial charge in [-0.3, -0.25) is 4.79 Å². The normalized spacial score (nSPS) is 32.2. The number of aliphatic hydroxyl groups is 1. The quantitative estimate of drug-likeness (QED) is 0.850. The van der Waals surface area contributed by atoms with Crippen molar-refractivity contribution in [1.29, 1.82) is 0 Å². The van der Waals surface area contributed by atoms with Crippen LogP contribution in [0.4, 0.5) is 13.2 Å². The minimum atomic E-state index is -4.13. The van der Waals surface area contributed by atoms with Crippen LogP contribution in [0, 0.1) is 11.8 Å². The number of hydrogen-bond acceptors (Lipinski definition) is 2. The van der Waals surface area contributed by atoms with Crippen molar-refractivity contribution in [2.24, 2.45) is 11.8 Å². The Morgan fingerprint density at radius 3 is 2.30 bits per heavy atom. The van der Waals surface area contributed by atoms with Crippen LogP contribution in [-0.2, 0) is 4.79 Å². The average Bonchev–Trinajstić information content (AvgIpc) is 2.45. The number of rotatable bonds is 2. The first-order valence-electron chi connectivity index (χ1n) is 7.41. The molecular formula is C14H22F3NO2. The van der Waals surface area contributed by atoms with E-state index in [-0.39, 0.29) is 37.3 Å². The number of carbonyl (C=O) groups is 1. The summed E-state index contributed by atoms with van der Waals surface area (Å²) < 4.78 is 37.8. The Kier molecular flexibility index (Phi) is 4.94. The first kappa shape index (κ1) is 15.6. The molecule has 0 aromatic heterocycles. The highest BCUT2D eigenvalue weighted by atomic mass is 19.4. The Labute approximate surface area is 117 Å². The fraction of sp³-hybridized carbons (Fsp3) is 0.929. The van der Waals surface area contributed by atoms with Gasteiger partial charge in [0.15, 0.2) is 0 Å². The lowest BCUT2D eigenvalue weighted by Gasteiger charge is -2.38. The first-order valence-corrected chi connectivity index (χ1v) is 7.41. The fourth-order valence-corrected chi connectivity index (χ4v) is 3.38. The van der Waals surface area contributed by atoms with Crippen LogP contribution in [0.2, 0.25) is 0 Å². The third kappa shape index (κ3) is 3.45. The Hall–Kier alpha value is -0.780. The summed E-state index contributed by atoms with van der Waals surface area (Å²) in [5.41, 5.74) is 0. The number of aliphatic hydroxyl groups excluding tert-OH is 1. The van der Waals surface area contributed by atoms with Crippen LogP contribution in [0.5, 0.6) is 0 Å². The lowest BCUT2D eigenvalue weighted by Crippen LogP contribution is -2.48. The minimum Gasteiger partial charge on any atom is -0.394 e. The summed E-state index contributed by atoms with van der Waals surface area (Å²) in [6.07, 6.45) is -0.687. The number of alkyl halides is 3. The van der Waals surface area contributed by atoms with E-state index in [4.69, 9.17) is 0 Å². The topological polar surface area (TPSA) is 40.5 Å². The monoisotopic (exact) mass is 293 g/mol. The molecular weight excluding hydrogens is 271 g/mol. The molecule has 3 nitrogen and oxygen atoms in total. The second kappa shape index (κ2) is 6.33. The summed E-state index contributed by atoms with van der Waals surface area (Å²) in [4.78, 5) is 14.1. The van der Waals surface area contributed by atoms with E-state index in [0.29, 0.717) is 19.4 Å². The van der Waals surface area contributed by atoms with Gasteiger partial charge in [-0.1, -0.05) is 0 Å². The van der Waals surface area contributed by atoms with Crippen LogP contribution >= 0.6 is 0 Å². The van der Waals surface area contributed by atoms with Crippen molar-refractivity contribution in [3.63, 3.8) is 0 Å². The zero-order valence-corrected chi connectivity index (χ0v) is 11.5. The molecule has 0 aromatic rings. The number of likely N-dealkylation sites (tertiary alicyclic amines) is 1. The van der Waals surface area contributed by atoms with Crippen LogP contribution in [0.25, 0.3) is 0 Å². The van der Waals surface area contributed by atoms with Crippen molar-refractivity contribution in [1.82, 2.24) is 4.90 Å². The predicted molar refractivity (Wildman–Crippen MR) is 67.9 cm³/mol. The van der Waals surface area contributed by atoms with Gasteiger partial charge in [0.25, 0.3) is 0 Å². The zero-order chi connectivity index (χ0) is 14.8. The SMILES string of the molecule is O=C(C1CCC(C(F)(F)F)CC1)N1CCCCC1CO. The minimum absolute atomic E-state index is 0.0515. The van der Waals surface area contributed by atoms with E-state index in [9.17, 15) is 23.1 Å². The highest BCUT2D eigenvalue weighted by molar-refractivity contribution is 5.79. The van der Waals surface area contributed by atoms with Crippen LogP contribution in [-0.4, -0.2) is 41.3 Å². The molecule has 1 N–H and O–H groups in total. The summed E-state index contributed by atoms with van der Waals surface area (Å²) in [6.45, 7) is 0.576. The van der Waals surface area contributed by atoms with E-state index >= 15 is 0 Å². The lowest BCUT2D eigenvalue weighted by atomic mass is 9.80. The predicted octanol–water partition coefficient (Wildman–Crippen LogP) is 2.73. The standard InChI is InChI=1S/C14H22F3NO2/c15-14(16,17)11-6-4-10(5-7-11)13(20)18-8-2-1-3-12(18)9-19/h10-12,19H,1-9H2. The molecule has 0 spiro atoms. The molecule has 1 aliphatic heterocycles. The maximum absolute atomic E-state index is 12.6. The number of amides is 1. The molecule has 2 fully saturated rings. The van der Waals surface area contributed by atoms with E-state index in [0.717, 1.165) is 19.3 Å². The van der Waals surface area contributed by atoms with Gasteiger partial charge < -0.3 is 10.0 Å². The highest BCUT2D eigenvalue weighted by Gasteiger charge is 2.43. The zero-order valence-electron chi connectivity index (χ0n) is 11.5. The Balaban J connectivity index is 1.91. The maximum atomic E-state index is 12.6. The Morgan fingerprint density at radius 1 is 1.10 bits per heavy atom.